The summed E-state index contributed by atoms with van der Waals surface area (Å²) >= 11 is 6.12. The van der Waals surface area contributed by atoms with Gasteiger partial charge in [-0.15, -0.1) is 0 Å². The van der Waals surface area contributed by atoms with E-state index in [1.165, 1.54) is 12.1 Å². The van der Waals surface area contributed by atoms with E-state index in [-0.39, 0.29) is 11.9 Å². The minimum atomic E-state index is -0.362. The Labute approximate surface area is 116 Å². The van der Waals surface area contributed by atoms with Crippen LogP contribution in [-0.2, 0) is 0 Å². The minimum absolute atomic E-state index is 0.221. The zero-order valence-corrected chi connectivity index (χ0v) is 11.5. The molecule has 1 aromatic heterocycles. The van der Waals surface area contributed by atoms with Crippen LogP contribution < -0.4 is 11.1 Å². The van der Waals surface area contributed by atoms with Crippen molar-refractivity contribution in [2.24, 2.45) is 0 Å². The molecule has 1 atom stereocenters. The third-order valence-electron chi connectivity index (χ3n) is 3.09. The first-order valence-electron chi connectivity index (χ1n) is 5.87. The van der Waals surface area contributed by atoms with Gasteiger partial charge in [-0.25, -0.2) is 9.37 Å². The van der Waals surface area contributed by atoms with E-state index >= 15 is 0 Å². The number of nitrogens with zero attached hydrogens (tertiary/aromatic N) is 1. The van der Waals surface area contributed by atoms with E-state index in [4.69, 9.17) is 17.3 Å². The third kappa shape index (κ3) is 2.69. The standard InChI is InChI=1S/C14H15ClFN3/c1-8-5-6-19-14(17)12(8)13(18-2)10-4-3-9(16)7-11(10)15/h3-7,13,18H,1-2H3,(H2,17,19). The molecule has 0 aliphatic carbocycles. The predicted molar refractivity (Wildman–Crippen MR) is 75.7 cm³/mol. The maximum atomic E-state index is 13.1. The van der Waals surface area contributed by atoms with Gasteiger partial charge in [0.2, 0.25) is 0 Å². The van der Waals surface area contributed by atoms with Crippen LogP contribution in [0.4, 0.5) is 10.2 Å². The van der Waals surface area contributed by atoms with Gasteiger partial charge in [0.1, 0.15) is 11.6 Å². The van der Waals surface area contributed by atoms with Crippen molar-refractivity contribution in [3.63, 3.8) is 0 Å². The van der Waals surface area contributed by atoms with E-state index in [9.17, 15) is 4.39 Å². The van der Waals surface area contributed by atoms with Crippen LogP contribution in [0.15, 0.2) is 30.5 Å². The molecule has 3 N–H and O–H groups in total. The summed E-state index contributed by atoms with van der Waals surface area (Å²) in [7, 11) is 1.80. The first-order chi connectivity index (χ1) is 9.04. The van der Waals surface area contributed by atoms with Gasteiger partial charge in [-0.2, -0.15) is 0 Å². The summed E-state index contributed by atoms with van der Waals surface area (Å²) in [6.07, 6.45) is 1.66. The van der Waals surface area contributed by atoms with Crippen molar-refractivity contribution in [1.82, 2.24) is 10.3 Å². The molecule has 1 heterocycles. The molecule has 0 aliphatic heterocycles. The van der Waals surface area contributed by atoms with Gasteiger partial charge in [0.15, 0.2) is 0 Å². The summed E-state index contributed by atoms with van der Waals surface area (Å²) < 4.78 is 13.1. The topological polar surface area (TPSA) is 50.9 Å². The van der Waals surface area contributed by atoms with E-state index in [0.717, 1.165) is 16.7 Å². The number of hydrogen-bond acceptors (Lipinski definition) is 3. The molecular weight excluding hydrogens is 265 g/mol. The van der Waals surface area contributed by atoms with Gasteiger partial charge in [0.25, 0.3) is 0 Å². The second-order valence-corrected chi connectivity index (χ2v) is 4.72. The Morgan fingerprint density at radius 3 is 2.68 bits per heavy atom. The predicted octanol–water partition coefficient (Wildman–Crippen LogP) is 3.07. The molecule has 1 aromatic carbocycles. The monoisotopic (exact) mass is 279 g/mol. The largest absolute Gasteiger partial charge is 0.383 e. The second kappa shape index (κ2) is 5.55. The number of aryl methyl sites for hydroxylation is 1. The van der Waals surface area contributed by atoms with Crippen molar-refractivity contribution >= 4 is 17.4 Å². The second-order valence-electron chi connectivity index (χ2n) is 4.31. The molecule has 5 heteroatoms. The summed E-state index contributed by atoms with van der Waals surface area (Å²) in [5.74, 6) is 0.0826. The van der Waals surface area contributed by atoms with Gasteiger partial charge in [0.05, 0.1) is 6.04 Å². The Bertz CT molecular complexity index is 581. The molecule has 100 valence electrons. The number of halogens is 2. The average molecular weight is 280 g/mol. The summed E-state index contributed by atoms with van der Waals surface area (Å²) in [5, 5.41) is 3.51. The zero-order chi connectivity index (χ0) is 14.0. The van der Waals surface area contributed by atoms with Crippen LogP contribution in [0, 0.1) is 12.7 Å². The Hall–Kier alpha value is -1.65. The summed E-state index contributed by atoms with van der Waals surface area (Å²) in [4.78, 5) is 4.10. The van der Waals surface area contributed by atoms with E-state index in [1.807, 2.05) is 13.0 Å². The number of aromatic nitrogens is 1. The fourth-order valence-electron chi connectivity index (χ4n) is 2.16. The molecular formula is C14H15ClFN3. The average Bonchev–Trinajstić information content (AvgIpc) is 2.35. The number of pyridine rings is 1. The lowest BCUT2D eigenvalue weighted by atomic mass is 9.95. The van der Waals surface area contributed by atoms with E-state index in [1.54, 1.807) is 19.3 Å². The van der Waals surface area contributed by atoms with Crippen molar-refractivity contribution in [3.8, 4) is 0 Å². The van der Waals surface area contributed by atoms with Gasteiger partial charge in [-0.05, 0) is 43.3 Å². The molecule has 0 radical (unpaired) electrons. The number of nitrogens with one attached hydrogen (secondary N) is 1. The van der Waals surface area contributed by atoms with Crippen LogP contribution >= 0.6 is 11.6 Å². The van der Waals surface area contributed by atoms with Crippen LogP contribution in [-0.4, -0.2) is 12.0 Å². The van der Waals surface area contributed by atoms with E-state index in [2.05, 4.69) is 10.3 Å². The molecule has 0 aliphatic rings. The Morgan fingerprint density at radius 2 is 2.11 bits per heavy atom. The normalized spacial score (nSPS) is 12.4. The number of rotatable bonds is 3. The van der Waals surface area contributed by atoms with Gasteiger partial charge < -0.3 is 11.1 Å². The van der Waals surface area contributed by atoms with E-state index in [0.29, 0.717) is 10.8 Å². The molecule has 0 bridgehead atoms. The SMILES string of the molecule is CNC(c1ccc(F)cc1Cl)c1c(C)ccnc1N. The highest BCUT2D eigenvalue weighted by atomic mass is 35.5. The number of anilines is 1. The highest BCUT2D eigenvalue weighted by Crippen LogP contribution is 2.32. The van der Waals surface area contributed by atoms with Crippen LogP contribution in [0.2, 0.25) is 5.02 Å². The molecule has 0 saturated carbocycles. The lowest BCUT2D eigenvalue weighted by Crippen LogP contribution is -2.21. The summed E-state index contributed by atoms with van der Waals surface area (Å²) in [5.41, 5.74) is 8.58. The lowest BCUT2D eigenvalue weighted by Gasteiger charge is -2.21. The fourth-order valence-corrected chi connectivity index (χ4v) is 2.43. The minimum Gasteiger partial charge on any atom is -0.383 e. The van der Waals surface area contributed by atoms with Crippen molar-refractivity contribution in [2.45, 2.75) is 13.0 Å². The van der Waals surface area contributed by atoms with Crippen molar-refractivity contribution < 1.29 is 4.39 Å². The summed E-state index contributed by atoms with van der Waals surface area (Å²) in [6, 6.07) is 6.00. The quantitative estimate of drug-likeness (QED) is 0.908. The smallest absolute Gasteiger partial charge is 0.128 e. The van der Waals surface area contributed by atoms with Gasteiger partial charge in [0, 0.05) is 16.8 Å². The van der Waals surface area contributed by atoms with Crippen molar-refractivity contribution in [3.05, 3.63) is 58.0 Å². The van der Waals surface area contributed by atoms with E-state index < -0.39 is 0 Å². The van der Waals surface area contributed by atoms with Crippen LogP contribution in [0.1, 0.15) is 22.7 Å². The molecule has 1 unspecified atom stereocenters. The Balaban J connectivity index is 2.56. The Morgan fingerprint density at radius 1 is 1.37 bits per heavy atom. The first-order valence-corrected chi connectivity index (χ1v) is 6.25. The van der Waals surface area contributed by atoms with Crippen LogP contribution in [0.5, 0.6) is 0 Å². The molecule has 0 fully saturated rings. The van der Waals surface area contributed by atoms with Gasteiger partial charge >= 0.3 is 0 Å². The molecule has 2 aromatic rings. The van der Waals surface area contributed by atoms with Crippen molar-refractivity contribution in [1.29, 1.82) is 0 Å². The number of benzene rings is 1. The number of hydrogen-bond donors (Lipinski definition) is 2. The van der Waals surface area contributed by atoms with Crippen LogP contribution in [0.3, 0.4) is 0 Å². The first kappa shape index (κ1) is 13.8. The molecule has 0 saturated heterocycles. The molecule has 19 heavy (non-hydrogen) atoms. The highest BCUT2D eigenvalue weighted by Gasteiger charge is 2.20. The fraction of sp³-hybridized carbons (Fsp3) is 0.214. The maximum Gasteiger partial charge on any atom is 0.128 e. The summed E-state index contributed by atoms with van der Waals surface area (Å²) in [6.45, 7) is 1.95. The van der Waals surface area contributed by atoms with Crippen molar-refractivity contribution in [2.75, 3.05) is 12.8 Å². The lowest BCUT2D eigenvalue weighted by molar-refractivity contribution is 0.623. The molecule has 0 amide bonds. The highest BCUT2D eigenvalue weighted by molar-refractivity contribution is 6.31. The molecule has 2 rings (SSSR count). The zero-order valence-electron chi connectivity index (χ0n) is 10.7. The Kier molecular flexibility index (Phi) is 4.02. The number of nitrogens with two attached hydrogens (primary N) is 1. The molecule has 0 spiro atoms. The molecule has 3 nitrogen and oxygen atoms in total. The number of nitrogen functional groups attached to an aromatic ring is 1. The third-order valence-corrected chi connectivity index (χ3v) is 3.42. The maximum absolute atomic E-state index is 13.1. The van der Waals surface area contributed by atoms with Gasteiger partial charge in [-0.1, -0.05) is 17.7 Å². The van der Waals surface area contributed by atoms with Gasteiger partial charge in [-0.3, -0.25) is 0 Å². The van der Waals surface area contributed by atoms with Crippen LogP contribution in [0.25, 0.3) is 0 Å².